The zero-order chi connectivity index (χ0) is 16.6. The van der Waals surface area contributed by atoms with Gasteiger partial charge in [-0.1, -0.05) is 29.0 Å². The largest absolute Gasteiger partial charge is 0.314 e. The predicted molar refractivity (Wildman–Crippen MR) is 86.8 cm³/mol. The number of carbonyl (C=O) groups is 1. The second kappa shape index (κ2) is 6.22. The molecule has 0 spiro atoms. The van der Waals surface area contributed by atoms with E-state index >= 15 is 0 Å². The molecule has 0 radical (unpaired) electrons. The molecule has 0 fully saturated rings. The summed E-state index contributed by atoms with van der Waals surface area (Å²) in [6, 6.07) is 8.47. The Kier molecular flexibility index (Phi) is 4.28. The monoisotopic (exact) mass is 352 g/mol. The molecule has 0 saturated carbocycles. The minimum absolute atomic E-state index is 0.247. The number of aromatic nitrogens is 1. The normalized spacial score (nSPS) is 12.1. The number of fused-ring (bicyclic) bond motifs is 1. The molecule has 3 aromatic rings. The van der Waals surface area contributed by atoms with Gasteiger partial charge in [-0.25, -0.2) is 8.78 Å². The number of thiazole rings is 1. The Hall–Kier alpha value is -2.05. The van der Waals surface area contributed by atoms with Crippen LogP contribution in [0.2, 0.25) is 5.02 Å². The van der Waals surface area contributed by atoms with E-state index in [2.05, 4.69) is 4.99 Å². The van der Waals surface area contributed by atoms with Crippen molar-refractivity contribution >= 4 is 39.1 Å². The molecule has 7 heteroatoms. The summed E-state index contributed by atoms with van der Waals surface area (Å²) in [6.45, 7) is 2.21. The summed E-state index contributed by atoms with van der Waals surface area (Å²) < 4.78 is 29.3. The lowest BCUT2D eigenvalue weighted by molar-refractivity contribution is 0.0998. The van der Waals surface area contributed by atoms with Crippen LogP contribution in [0, 0.1) is 11.6 Å². The van der Waals surface area contributed by atoms with Gasteiger partial charge in [0, 0.05) is 23.2 Å². The molecule has 0 N–H and O–H groups in total. The highest BCUT2D eigenvalue weighted by Gasteiger charge is 2.13. The molecule has 1 heterocycles. The van der Waals surface area contributed by atoms with Gasteiger partial charge in [-0.3, -0.25) is 4.79 Å². The molecule has 118 valence electrons. The van der Waals surface area contributed by atoms with Crippen molar-refractivity contribution in [1.82, 2.24) is 4.57 Å². The van der Waals surface area contributed by atoms with Crippen LogP contribution >= 0.6 is 22.9 Å². The topological polar surface area (TPSA) is 34.4 Å². The van der Waals surface area contributed by atoms with E-state index in [1.165, 1.54) is 12.1 Å². The van der Waals surface area contributed by atoms with E-state index in [1.54, 1.807) is 29.7 Å². The van der Waals surface area contributed by atoms with E-state index in [4.69, 9.17) is 11.6 Å². The maximum atomic E-state index is 14.0. The Bertz CT molecular complexity index is 978. The molecule has 0 unspecified atom stereocenters. The molecular formula is C16H11ClF2N2OS. The summed E-state index contributed by atoms with van der Waals surface area (Å²) in [5, 5.41) is 0.430. The van der Waals surface area contributed by atoms with Crippen molar-refractivity contribution < 1.29 is 13.6 Å². The van der Waals surface area contributed by atoms with Gasteiger partial charge in [0.1, 0.15) is 5.82 Å². The Morgan fingerprint density at radius 1 is 1.30 bits per heavy atom. The maximum Gasteiger partial charge on any atom is 0.279 e. The quantitative estimate of drug-likeness (QED) is 0.673. The zero-order valence-corrected chi connectivity index (χ0v) is 13.6. The van der Waals surface area contributed by atoms with Gasteiger partial charge >= 0.3 is 0 Å². The highest BCUT2D eigenvalue weighted by Crippen LogP contribution is 2.22. The van der Waals surface area contributed by atoms with Gasteiger partial charge in [-0.05, 0) is 31.2 Å². The van der Waals surface area contributed by atoms with Crippen LogP contribution in [0.3, 0.4) is 0 Å². The van der Waals surface area contributed by atoms with Crippen LogP contribution < -0.4 is 4.80 Å². The molecule has 23 heavy (non-hydrogen) atoms. The molecule has 0 bridgehead atoms. The van der Waals surface area contributed by atoms with Crippen LogP contribution in [0.25, 0.3) is 10.2 Å². The van der Waals surface area contributed by atoms with Gasteiger partial charge in [-0.2, -0.15) is 4.99 Å². The molecule has 1 aromatic heterocycles. The Morgan fingerprint density at radius 2 is 2.09 bits per heavy atom. The van der Waals surface area contributed by atoms with Crippen molar-refractivity contribution in [3.63, 3.8) is 0 Å². The van der Waals surface area contributed by atoms with Gasteiger partial charge in [0.25, 0.3) is 5.91 Å². The Morgan fingerprint density at radius 3 is 2.78 bits per heavy atom. The molecule has 1 amide bonds. The van der Waals surface area contributed by atoms with Crippen LogP contribution in [0.15, 0.2) is 41.4 Å². The maximum absolute atomic E-state index is 14.0. The first-order valence-electron chi connectivity index (χ1n) is 6.82. The number of amides is 1. The summed E-state index contributed by atoms with van der Waals surface area (Å²) in [4.78, 5) is 16.6. The fraction of sp³-hybridized carbons (Fsp3) is 0.125. The lowest BCUT2D eigenvalue weighted by atomic mass is 10.2. The molecule has 0 aliphatic carbocycles. The first kappa shape index (κ1) is 15.8. The number of benzene rings is 2. The fourth-order valence-electron chi connectivity index (χ4n) is 2.28. The van der Waals surface area contributed by atoms with Gasteiger partial charge in [0.15, 0.2) is 10.6 Å². The highest BCUT2D eigenvalue weighted by molar-refractivity contribution is 7.16. The lowest BCUT2D eigenvalue weighted by Crippen LogP contribution is -2.16. The number of hydrogen-bond donors (Lipinski definition) is 0. The third kappa shape index (κ3) is 3.04. The van der Waals surface area contributed by atoms with Crippen molar-refractivity contribution in [3.8, 4) is 0 Å². The van der Waals surface area contributed by atoms with Crippen LogP contribution in [0.1, 0.15) is 17.3 Å². The van der Waals surface area contributed by atoms with E-state index in [9.17, 15) is 13.6 Å². The zero-order valence-electron chi connectivity index (χ0n) is 12.0. The van der Waals surface area contributed by atoms with Crippen LogP contribution in [0.4, 0.5) is 8.78 Å². The lowest BCUT2D eigenvalue weighted by Gasteiger charge is -2.01. The summed E-state index contributed by atoms with van der Waals surface area (Å²) in [6.07, 6.45) is 0. The summed E-state index contributed by atoms with van der Waals surface area (Å²) in [5.74, 6) is -1.82. The van der Waals surface area contributed by atoms with Crippen LogP contribution in [0.5, 0.6) is 0 Å². The van der Waals surface area contributed by atoms with Crippen molar-refractivity contribution in [2.75, 3.05) is 0 Å². The standard InChI is InChI=1S/C16H11ClF2N2OS/c1-2-21-14-12(19)7-11(18)8-13(14)23-16(21)20-15(22)9-4-3-5-10(17)6-9/h3-8H,2H2,1H3. The number of nitrogens with zero attached hydrogens (tertiary/aromatic N) is 2. The average molecular weight is 353 g/mol. The van der Waals surface area contributed by atoms with E-state index in [-0.39, 0.29) is 5.52 Å². The fourth-order valence-corrected chi connectivity index (χ4v) is 3.60. The summed E-state index contributed by atoms with van der Waals surface area (Å²) >= 11 is 6.93. The molecule has 0 saturated heterocycles. The molecule has 3 rings (SSSR count). The minimum Gasteiger partial charge on any atom is -0.314 e. The van der Waals surface area contributed by atoms with Gasteiger partial charge in [0.2, 0.25) is 0 Å². The Labute approximate surface area is 139 Å². The van der Waals surface area contributed by atoms with Crippen molar-refractivity contribution in [2.45, 2.75) is 13.5 Å². The number of halogens is 3. The molecule has 0 aliphatic heterocycles. The SMILES string of the molecule is CCn1c(=NC(=O)c2cccc(Cl)c2)sc2cc(F)cc(F)c21. The number of carbonyl (C=O) groups excluding carboxylic acids is 1. The summed E-state index contributed by atoms with van der Waals surface area (Å²) in [7, 11) is 0. The predicted octanol–water partition coefficient (Wildman–Crippen LogP) is 4.40. The van der Waals surface area contributed by atoms with Crippen LogP contribution in [-0.4, -0.2) is 10.5 Å². The minimum atomic E-state index is -0.672. The Balaban J connectivity index is 2.19. The number of hydrogen-bond acceptors (Lipinski definition) is 2. The van der Waals surface area contributed by atoms with E-state index in [1.807, 2.05) is 0 Å². The molecular weight excluding hydrogens is 342 g/mol. The van der Waals surface area contributed by atoms with Crippen molar-refractivity contribution in [2.24, 2.45) is 4.99 Å². The van der Waals surface area contributed by atoms with E-state index in [0.29, 0.717) is 26.6 Å². The number of rotatable bonds is 2. The van der Waals surface area contributed by atoms with Gasteiger partial charge in [-0.15, -0.1) is 0 Å². The van der Waals surface area contributed by atoms with Crippen LogP contribution in [-0.2, 0) is 6.54 Å². The molecule has 0 aliphatic rings. The first-order chi connectivity index (χ1) is 11.0. The van der Waals surface area contributed by atoms with Gasteiger partial charge < -0.3 is 4.57 Å². The van der Waals surface area contributed by atoms with Crippen molar-refractivity contribution in [3.05, 3.63) is 63.4 Å². The second-order valence-corrected chi connectivity index (χ2v) is 6.24. The molecule has 2 aromatic carbocycles. The number of aryl methyl sites for hydroxylation is 1. The smallest absolute Gasteiger partial charge is 0.279 e. The van der Waals surface area contributed by atoms with E-state index in [0.717, 1.165) is 17.4 Å². The molecule has 3 nitrogen and oxygen atoms in total. The van der Waals surface area contributed by atoms with Gasteiger partial charge in [0.05, 0.1) is 10.2 Å². The molecule has 0 atom stereocenters. The van der Waals surface area contributed by atoms with E-state index < -0.39 is 17.5 Å². The average Bonchev–Trinajstić information content (AvgIpc) is 2.84. The first-order valence-corrected chi connectivity index (χ1v) is 8.02. The third-order valence-corrected chi connectivity index (χ3v) is 4.54. The summed E-state index contributed by atoms with van der Waals surface area (Å²) in [5.41, 5.74) is 0.584. The second-order valence-electron chi connectivity index (χ2n) is 4.79. The van der Waals surface area contributed by atoms with Crippen molar-refractivity contribution in [1.29, 1.82) is 0 Å². The third-order valence-electron chi connectivity index (χ3n) is 3.28. The highest BCUT2D eigenvalue weighted by atomic mass is 35.5.